The van der Waals surface area contributed by atoms with E-state index in [2.05, 4.69) is 12.2 Å². The van der Waals surface area contributed by atoms with Crippen molar-refractivity contribution in [2.24, 2.45) is 5.41 Å². The molecule has 1 heterocycles. The molecule has 1 rings (SSSR count). The van der Waals surface area contributed by atoms with Gasteiger partial charge in [0.1, 0.15) is 6.04 Å². The molecular formula is C12H22N2O2S. The average Bonchev–Trinajstić information content (AvgIpc) is 2.21. The standard InChI is InChI=1S/C12H22N2O2S/c1-5-17-7-6-14-9(15)8-13-11(16)10(14)12(2,3)4/h10H,5-8H2,1-4H3,(H,13,16). The van der Waals surface area contributed by atoms with E-state index in [-0.39, 0.29) is 29.8 Å². The lowest BCUT2D eigenvalue weighted by molar-refractivity contribution is -0.149. The average molecular weight is 258 g/mol. The molecule has 0 bridgehead atoms. The molecule has 1 atom stereocenters. The lowest BCUT2D eigenvalue weighted by Gasteiger charge is -2.42. The van der Waals surface area contributed by atoms with Crippen LogP contribution >= 0.6 is 11.8 Å². The second-order valence-electron chi connectivity index (χ2n) is 5.27. The molecule has 0 aliphatic carbocycles. The zero-order chi connectivity index (χ0) is 13.1. The third-order valence-corrected chi connectivity index (χ3v) is 3.67. The van der Waals surface area contributed by atoms with Gasteiger partial charge in [-0.2, -0.15) is 11.8 Å². The Morgan fingerprint density at radius 1 is 1.41 bits per heavy atom. The first kappa shape index (κ1) is 14.4. The lowest BCUT2D eigenvalue weighted by atomic mass is 9.84. The molecule has 5 heteroatoms. The molecule has 0 spiro atoms. The molecule has 0 aromatic rings. The molecule has 1 aliphatic heterocycles. The smallest absolute Gasteiger partial charge is 0.243 e. The monoisotopic (exact) mass is 258 g/mol. The van der Waals surface area contributed by atoms with Crippen molar-refractivity contribution in [3.05, 3.63) is 0 Å². The van der Waals surface area contributed by atoms with Crippen LogP contribution in [0.5, 0.6) is 0 Å². The third kappa shape index (κ3) is 3.63. The molecule has 0 radical (unpaired) electrons. The van der Waals surface area contributed by atoms with Gasteiger partial charge in [-0.3, -0.25) is 9.59 Å². The van der Waals surface area contributed by atoms with E-state index in [0.29, 0.717) is 6.54 Å². The number of carbonyl (C=O) groups excluding carboxylic acids is 2. The fourth-order valence-corrected chi connectivity index (χ4v) is 2.68. The highest BCUT2D eigenvalue weighted by atomic mass is 32.2. The number of hydrogen-bond acceptors (Lipinski definition) is 3. The van der Waals surface area contributed by atoms with Crippen molar-refractivity contribution < 1.29 is 9.59 Å². The van der Waals surface area contributed by atoms with Crippen molar-refractivity contribution in [1.82, 2.24) is 10.2 Å². The molecule has 0 aromatic heterocycles. The summed E-state index contributed by atoms with van der Waals surface area (Å²) in [5, 5.41) is 2.67. The van der Waals surface area contributed by atoms with Crippen LogP contribution < -0.4 is 5.32 Å². The molecule has 0 saturated carbocycles. The normalized spacial score (nSPS) is 21.6. The Bertz CT molecular complexity index is 299. The Kier molecular flexibility index (Phi) is 4.86. The molecule has 17 heavy (non-hydrogen) atoms. The minimum Gasteiger partial charge on any atom is -0.345 e. The predicted molar refractivity (Wildman–Crippen MR) is 71.0 cm³/mol. The Morgan fingerprint density at radius 2 is 2.06 bits per heavy atom. The van der Waals surface area contributed by atoms with Crippen LogP contribution in [0.1, 0.15) is 27.7 Å². The van der Waals surface area contributed by atoms with Gasteiger partial charge in [0.25, 0.3) is 0 Å². The molecule has 4 nitrogen and oxygen atoms in total. The van der Waals surface area contributed by atoms with Gasteiger partial charge in [-0.05, 0) is 11.2 Å². The van der Waals surface area contributed by atoms with Crippen LogP contribution in [-0.2, 0) is 9.59 Å². The van der Waals surface area contributed by atoms with E-state index in [1.807, 2.05) is 20.8 Å². The first-order chi connectivity index (χ1) is 7.88. The Balaban J connectivity index is 2.77. The fourth-order valence-electron chi connectivity index (χ4n) is 2.07. The molecule has 1 N–H and O–H groups in total. The summed E-state index contributed by atoms with van der Waals surface area (Å²) in [6.07, 6.45) is 0. The first-order valence-corrected chi connectivity index (χ1v) is 7.18. The number of amides is 2. The Morgan fingerprint density at radius 3 is 2.59 bits per heavy atom. The largest absolute Gasteiger partial charge is 0.345 e. The number of piperazine rings is 1. The minimum absolute atomic E-state index is 0.0289. The van der Waals surface area contributed by atoms with Gasteiger partial charge in [-0.15, -0.1) is 0 Å². The summed E-state index contributed by atoms with van der Waals surface area (Å²) in [7, 11) is 0. The molecule has 1 aliphatic rings. The molecule has 0 aromatic carbocycles. The highest BCUT2D eigenvalue weighted by molar-refractivity contribution is 7.99. The quantitative estimate of drug-likeness (QED) is 0.769. The van der Waals surface area contributed by atoms with Crippen LogP contribution in [0.4, 0.5) is 0 Å². The molecule has 1 unspecified atom stereocenters. The van der Waals surface area contributed by atoms with Crippen molar-refractivity contribution >= 4 is 23.6 Å². The van der Waals surface area contributed by atoms with Gasteiger partial charge in [-0.1, -0.05) is 27.7 Å². The number of nitrogens with zero attached hydrogens (tertiary/aromatic N) is 1. The zero-order valence-corrected chi connectivity index (χ0v) is 11.9. The van der Waals surface area contributed by atoms with E-state index in [4.69, 9.17) is 0 Å². The van der Waals surface area contributed by atoms with Gasteiger partial charge in [0.15, 0.2) is 0 Å². The van der Waals surface area contributed by atoms with Crippen molar-refractivity contribution in [3.8, 4) is 0 Å². The number of hydrogen-bond donors (Lipinski definition) is 1. The van der Waals surface area contributed by atoms with Crippen LogP contribution in [0, 0.1) is 5.41 Å². The van der Waals surface area contributed by atoms with Crippen molar-refractivity contribution in [2.75, 3.05) is 24.6 Å². The van der Waals surface area contributed by atoms with Gasteiger partial charge in [-0.25, -0.2) is 0 Å². The van der Waals surface area contributed by atoms with Crippen LogP contribution in [0.2, 0.25) is 0 Å². The van der Waals surface area contributed by atoms with Crippen LogP contribution in [0.3, 0.4) is 0 Å². The molecule has 1 saturated heterocycles. The van der Waals surface area contributed by atoms with Crippen LogP contribution in [-0.4, -0.2) is 47.4 Å². The molecule has 1 fully saturated rings. The summed E-state index contributed by atoms with van der Waals surface area (Å²) in [4.78, 5) is 25.5. The topological polar surface area (TPSA) is 49.4 Å². The Labute approximate surface area is 108 Å². The number of carbonyl (C=O) groups is 2. The van der Waals surface area contributed by atoms with Crippen molar-refractivity contribution in [3.63, 3.8) is 0 Å². The third-order valence-electron chi connectivity index (χ3n) is 2.80. The van der Waals surface area contributed by atoms with Gasteiger partial charge in [0.2, 0.25) is 11.8 Å². The summed E-state index contributed by atoms with van der Waals surface area (Å²) < 4.78 is 0. The van der Waals surface area contributed by atoms with Crippen LogP contribution in [0.15, 0.2) is 0 Å². The van der Waals surface area contributed by atoms with Gasteiger partial charge < -0.3 is 10.2 Å². The summed E-state index contributed by atoms with van der Waals surface area (Å²) in [5.41, 5.74) is -0.225. The summed E-state index contributed by atoms with van der Waals surface area (Å²) >= 11 is 1.79. The maximum absolute atomic E-state index is 11.9. The summed E-state index contributed by atoms with van der Waals surface area (Å²) in [6, 6.07) is -0.346. The second-order valence-corrected chi connectivity index (χ2v) is 6.66. The van der Waals surface area contributed by atoms with Gasteiger partial charge >= 0.3 is 0 Å². The number of rotatable bonds is 4. The van der Waals surface area contributed by atoms with E-state index in [0.717, 1.165) is 11.5 Å². The molecule has 98 valence electrons. The van der Waals surface area contributed by atoms with E-state index < -0.39 is 0 Å². The number of thioether (sulfide) groups is 1. The zero-order valence-electron chi connectivity index (χ0n) is 11.1. The maximum atomic E-state index is 11.9. The second kappa shape index (κ2) is 5.76. The highest BCUT2D eigenvalue weighted by Gasteiger charge is 2.41. The minimum atomic E-state index is -0.346. The fraction of sp³-hybridized carbons (Fsp3) is 0.833. The predicted octanol–water partition coefficient (Wildman–Crippen LogP) is 1.11. The summed E-state index contributed by atoms with van der Waals surface area (Å²) in [5.74, 6) is 1.93. The van der Waals surface area contributed by atoms with Gasteiger partial charge in [0.05, 0.1) is 6.54 Å². The van der Waals surface area contributed by atoms with E-state index in [1.165, 1.54) is 0 Å². The highest BCUT2D eigenvalue weighted by Crippen LogP contribution is 2.26. The first-order valence-electron chi connectivity index (χ1n) is 6.03. The van der Waals surface area contributed by atoms with Crippen molar-refractivity contribution in [1.29, 1.82) is 0 Å². The lowest BCUT2D eigenvalue weighted by Crippen LogP contribution is -2.63. The van der Waals surface area contributed by atoms with Crippen LogP contribution in [0.25, 0.3) is 0 Å². The summed E-state index contributed by atoms with van der Waals surface area (Å²) in [6.45, 7) is 8.88. The molecular weight excluding hydrogens is 236 g/mol. The van der Waals surface area contributed by atoms with Crippen molar-refractivity contribution in [2.45, 2.75) is 33.7 Å². The SMILES string of the molecule is CCSCCN1C(=O)CNC(=O)C1C(C)(C)C. The number of nitrogens with one attached hydrogen (secondary N) is 1. The maximum Gasteiger partial charge on any atom is 0.243 e. The van der Waals surface area contributed by atoms with E-state index in [9.17, 15) is 9.59 Å². The van der Waals surface area contributed by atoms with E-state index >= 15 is 0 Å². The van der Waals surface area contributed by atoms with Gasteiger partial charge in [0, 0.05) is 12.3 Å². The Hall–Kier alpha value is -0.710. The molecule has 2 amide bonds. The van der Waals surface area contributed by atoms with E-state index in [1.54, 1.807) is 16.7 Å².